The zero-order chi connectivity index (χ0) is 24.9. The number of amides is 1. The third kappa shape index (κ3) is 6.15. The van der Waals surface area contributed by atoms with Crippen LogP contribution in [0.2, 0.25) is 5.02 Å². The number of hydrogen-bond donors (Lipinski definition) is 1. The third-order valence-electron chi connectivity index (χ3n) is 5.14. The molecule has 0 aliphatic heterocycles. The van der Waals surface area contributed by atoms with E-state index in [-0.39, 0.29) is 4.90 Å². The highest BCUT2D eigenvalue weighted by Gasteiger charge is 2.28. The van der Waals surface area contributed by atoms with Gasteiger partial charge in [-0.2, -0.15) is 5.10 Å². The molecule has 7 nitrogen and oxygen atoms in total. The number of halogens is 1. The number of nitrogens with zero attached hydrogens (tertiary/aromatic N) is 3. The van der Waals surface area contributed by atoms with Gasteiger partial charge in [0.05, 0.1) is 16.8 Å². The lowest BCUT2D eigenvalue weighted by Crippen LogP contribution is -2.40. The van der Waals surface area contributed by atoms with Crippen LogP contribution in [0.4, 0.5) is 11.4 Å². The summed E-state index contributed by atoms with van der Waals surface area (Å²) in [5.41, 5.74) is 6.17. The first-order valence-electron chi connectivity index (χ1n) is 10.5. The van der Waals surface area contributed by atoms with Gasteiger partial charge >= 0.3 is 0 Å². The monoisotopic (exact) mass is 498 g/mol. The first-order valence-corrected chi connectivity index (χ1v) is 12.3. The van der Waals surface area contributed by atoms with Crippen molar-refractivity contribution < 1.29 is 13.2 Å². The minimum absolute atomic E-state index is 0.0877. The van der Waals surface area contributed by atoms with Crippen LogP contribution in [0.15, 0.2) is 76.7 Å². The Hall–Kier alpha value is -3.36. The molecule has 0 bridgehead atoms. The van der Waals surface area contributed by atoms with Crippen LogP contribution < -0.4 is 14.6 Å². The summed E-state index contributed by atoms with van der Waals surface area (Å²) in [4.78, 5) is 14.8. The number of sulfonamides is 1. The van der Waals surface area contributed by atoms with E-state index in [0.29, 0.717) is 16.3 Å². The van der Waals surface area contributed by atoms with Crippen molar-refractivity contribution in [3.05, 3.63) is 88.4 Å². The number of carbonyl (C=O) groups excluding carboxylic acids is 1. The van der Waals surface area contributed by atoms with Gasteiger partial charge in [-0.1, -0.05) is 41.4 Å². The average Bonchev–Trinajstić information content (AvgIpc) is 2.78. The molecule has 3 aromatic carbocycles. The summed E-state index contributed by atoms with van der Waals surface area (Å²) >= 11 is 6.06. The van der Waals surface area contributed by atoms with E-state index < -0.39 is 22.5 Å². The number of nitrogens with one attached hydrogen (secondary N) is 1. The maximum absolute atomic E-state index is 13.5. The van der Waals surface area contributed by atoms with E-state index in [4.69, 9.17) is 11.6 Å². The molecule has 0 fully saturated rings. The van der Waals surface area contributed by atoms with Gasteiger partial charge in [0.1, 0.15) is 6.54 Å². The van der Waals surface area contributed by atoms with Gasteiger partial charge in [-0.05, 0) is 67.4 Å². The van der Waals surface area contributed by atoms with Crippen molar-refractivity contribution in [2.45, 2.75) is 18.7 Å². The van der Waals surface area contributed by atoms with Crippen molar-refractivity contribution in [1.29, 1.82) is 0 Å². The number of anilines is 2. The lowest BCUT2D eigenvalue weighted by Gasteiger charge is -2.25. The van der Waals surface area contributed by atoms with E-state index in [1.54, 1.807) is 37.3 Å². The van der Waals surface area contributed by atoms with Crippen molar-refractivity contribution in [2.75, 3.05) is 29.8 Å². The van der Waals surface area contributed by atoms with E-state index in [1.807, 2.05) is 50.2 Å². The fraction of sp³-hybridized carbons (Fsp3) is 0.200. The van der Waals surface area contributed by atoms with Gasteiger partial charge in [-0.15, -0.1) is 0 Å². The fourth-order valence-corrected chi connectivity index (χ4v) is 4.95. The Kier molecular flexibility index (Phi) is 7.96. The van der Waals surface area contributed by atoms with Crippen LogP contribution in [0.5, 0.6) is 0 Å². The van der Waals surface area contributed by atoms with Crippen LogP contribution >= 0.6 is 11.6 Å². The van der Waals surface area contributed by atoms with Crippen LogP contribution in [0.1, 0.15) is 16.7 Å². The molecule has 178 valence electrons. The molecule has 34 heavy (non-hydrogen) atoms. The summed E-state index contributed by atoms with van der Waals surface area (Å²) in [5.74, 6) is -0.578. The fourth-order valence-electron chi connectivity index (χ4n) is 3.24. The van der Waals surface area contributed by atoms with Gasteiger partial charge in [0.15, 0.2) is 0 Å². The second kappa shape index (κ2) is 10.7. The highest BCUT2D eigenvalue weighted by molar-refractivity contribution is 7.92. The third-order valence-corrected chi connectivity index (χ3v) is 7.15. The Balaban J connectivity index is 1.83. The van der Waals surface area contributed by atoms with Crippen LogP contribution in [-0.4, -0.2) is 41.2 Å². The van der Waals surface area contributed by atoms with Crippen LogP contribution in [0.25, 0.3) is 0 Å². The summed E-state index contributed by atoms with van der Waals surface area (Å²) < 4.78 is 28.0. The zero-order valence-corrected chi connectivity index (χ0v) is 21.1. The van der Waals surface area contributed by atoms with Gasteiger partial charge in [0.2, 0.25) is 0 Å². The van der Waals surface area contributed by atoms with Crippen LogP contribution in [0, 0.1) is 13.8 Å². The van der Waals surface area contributed by atoms with Crippen molar-refractivity contribution >= 4 is 45.1 Å². The molecule has 1 amide bonds. The number of benzene rings is 3. The van der Waals surface area contributed by atoms with Gasteiger partial charge in [0, 0.05) is 24.8 Å². The van der Waals surface area contributed by atoms with Crippen molar-refractivity contribution in [2.24, 2.45) is 5.10 Å². The van der Waals surface area contributed by atoms with Gasteiger partial charge in [0.25, 0.3) is 15.9 Å². The molecule has 3 rings (SSSR count). The Morgan fingerprint density at radius 3 is 2.24 bits per heavy atom. The van der Waals surface area contributed by atoms with Crippen molar-refractivity contribution in [3.63, 3.8) is 0 Å². The van der Waals surface area contributed by atoms with Gasteiger partial charge in [-0.3, -0.25) is 9.10 Å². The molecule has 3 aromatic rings. The van der Waals surface area contributed by atoms with E-state index in [2.05, 4.69) is 10.5 Å². The molecular weight excluding hydrogens is 472 g/mol. The molecule has 0 aromatic heterocycles. The highest BCUT2D eigenvalue weighted by Crippen LogP contribution is 2.29. The first kappa shape index (κ1) is 25.3. The van der Waals surface area contributed by atoms with Gasteiger partial charge < -0.3 is 4.90 Å². The maximum Gasteiger partial charge on any atom is 0.264 e. The Labute approximate surface area is 205 Å². The zero-order valence-electron chi connectivity index (χ0n) is 19.5. The number of hydrazone groups is 1. The normalized spacial score (nSPS) is 11.4. The molecule has 0 saturated heterocycles. The lowest BCUT2D eigenvalue weighted by molar-refractivity contribution is -0.119. The summed E-state index contributed by atoms with van der Waals surface area (Å²) in [7, 11) is -0.125. The van der Waals surface area contributed by atoms with E-state index in [1.165, 1.54) is 18.3 Å². The molecule has 1 N–H and O–H groups in total. The number of hydrogen-bond acceptors (Lipinski definition) is 5. The summed E-state index contributed by atoms with van der Waals surface area (Å²) in [5, 5.41) is 4.46. The largest absolute Gasteiger partial charge is 0.378 e. The smallest absolute Gasteiger partial charge is 0.264 e. The summed E-state index contributed by atoms with van der Waals surface area (Å²) in [6, 6.07) is 18.9. The molecule has 0 radical (unpaired) electrons. The molecule has 0 aliphatic carbocycles. The minimum atomic E-state index is -4.02. The number of aryl methyl sites for hydroxylation is 2. The topological polar surface area (TPSA) is 82.1 Å². The predicted octanol–water partition coefficient (Wildman–Crippen LogP) is 4.37. The summed E-state index contributed by atoms with van der Waals surface area (Å²) in [6.45, 7) is 3.17. The molecule has 0 spiro atoms. The predicted molar refractivity (Wildman–Crippen MR) is 138 cm³/mol. The van der Waals surface area contributed by atoms with E-state index in [0.717, 1.165) is 21.1 Å². The Morgan fingerprint density at radius 1 is 1.00 bits per heavy atom. The highest BCUT2D eigenvalue weighted by atomic mass is 35.5. The Morgan fingerprint density at radius 2 is 1.65 bits per heavy atom. The SMILES string of the molecule is Cc1ccc(S(=O)(=O)N(CC(=O)N/N=C/c2ccc(N(C)C)cc2)c2ccc(Cl)cc2C)cc1. The van der Waals surface area contributed by atoms with Gasteiger partial charge in [-0.25, -0.2) is 13.8 Å². The molecule has 9 heteroatoms. The van der Waals surface area contributed by atoms with Crippen LogP contribution in [0.3, 0.4) is 0 Å². The molecule has 0 heterocycles. The molecule has 0 saturated carbocycles. The number of rotatable bonds is 8. The first-order chi connectivity index (χ1) is 16.1. The van der Waals surface area contributed by atoms with E-state index >= 15 is 0 Å². The molecule has 0 atom stereocenters. The summed E-state index contributed by atoms with van der Waals surface area (Å²) in [6.07, 6.45) is 1.50. The molecule has 0 aliphatic rings. The standard InChI is InChI=1S/C25H27ClN4O3S/c1-18-5-12-23(13-6-18)34(32,33)30(24-14-9-21(26)15-19(24)2)17-25(31)28-27-16-20-7-10-22(11-8-20)29(3)4/h5-16H,17H2,1-4H3,(H,28,31)/b27-16+. The Bertz CT molecular complexity index is 1290. The van der Waals surface area contributed by atoms with E-state index in [9.17, 15) is 13.2 Å². The average molecular weight is 499 g/mol. The lowest BCUT2D eigenvalue weighted by atomic mass is 10.2. The second-order valence-electron chi connectivity index (χ2n) is 8.03. The quantitative estimate of drug-likeness (QED) is 0.369. The molecule has 0 unspecified atom stereocenters. The second-order valence-corrected chi connectivity index (χ2v) is 10.3. The minimum Gasteiger partial charge on any atom is -0.378 e. The van der Waals surface area contributed by atoms with Crippen molar-refractivity contribution in [3.8, 4) is 0 Å². The molecular formula is C25H27ClN4O3S. The number of carbonyl (C=O) groups is 1. The van der Waals surface area contributed by atoms with Crippen molar-refractivity contribution in [1.82, 2.24) is 5.43 Å². The maximum atomic E-state index is 13.5. The van der Waals surface area contributed by atoms with Crippen LogP contribution in [-0.2, 0) is 14.8 Å².